The maximum Gasteiger partial charge on any atom is 0.226 e. The Labute approximate surface area is 213 Å². The van der Waals surface area contributed by atoms with Crippen molar-refractivity contribution in [2.75, 3.05) is 33.4 Å². The molecule has 1 amide bonds. The van der Waals surface area contributed by atoms with Crippen molar-refractivity contribution in [3.05, 3.63) is 59.4 Å². The minimum Gasteiger partial charge on any atom is -0.391 e. The highest BCUT2D eigenvalue weighted by molar-refractivity contribution is 5.79. The van der Waals surface area contributed by atoms with Crippen molar-refractivity contribution in [3.63, 3.8) is 0 Å². The van der Waals surface area contributed by atoms with Crippen LogP contribution >= 0.6 is 0 Å². The Bertz CT molecular complexity index is 1020. The van der Waals surface area contributed by atoms with Crippen LogP contribution in [0.1, 0.15) is 49.1 Å². The molecule has 1 aliphatic carbocycles. The van der Waals surface area contributed by atoms with Crippen LogP contribution in [-0.4, -0.2) is 67.6 Å². The van der Waals surface area contributed by atoms with Crippen LogP contribution in [0.2, 0.25) is 0 Å². The largest absolute Gasteiger partial charge is 0.391 e. The third kappa shape index (κ3) is 6.14. The molecule has 7 heteroatoms. The minimum absolute atomic E-state index is 0.0339. The van der Waals surface area contributed by atoms with Gasteiger partial charge in [-0.25, -0.2) is 4.39 Å². The number of ether oxygens (including phenoxy) is 2. The van der Waals surface area contributed by atoms with Crippen molar-refractivity contribution in [3.8, 4) is 11.1 Å². The molecule has 36 heavy (non-hydrogen) atoms. The number of morpholine rings is 1. The third-order valence-corrected chi connectivity index (χ3v) is 7.65. The van der Waals surface area contributed by atoms with Gasteiger partial charge in [0.1, 0.15) is 5.82 Å². The fraction of sp³-hybridized carbons (Fsp3) is 0.552. The Morgan fingerprint density at radius 1 is 1.25 bits per heavy atom. The number of hydrogen-bond donors (Lipinski definition) is 2. The van der Waals surface area contributed by atoms with Crippen LogP contribution in [0.25, 0.3) is 11.1 Å². The zero-order valence-corrected chi connectivity index (χ0v) is 21.4. The van der Waals surface area contributed by atoms with Gasteiger partial charge in [-0.15, -0.1) is 0 Å². The van der Waals surface area contributed by atoms with Gasteiger partial charge in [0, 0.05) is 50.2 Å². The number of nitrogens with two attached hydrogens (primary N) is 1. The number of carbonyl (C=O) groups is 1. The molecule has 1 aliphatic heterocycles. The van der Waals surface area contributed by atoms with Crippen molar-refractivity contribution in [1.82, 2.24) is 4.90 Å². The molecule has 1 unspecified atom stereocenters. The maximum absolute atomic E-state index is 15.4. The molecule has 1 saturated heterocycles. The van der Waals surface area contributed by atoms with E-state index in [1.165, 1.54) is 6.07 Å². The molecule has 0 bridgehead atoms. The molecule has 0 spiro atoms. The molecule has 1 saturated carbocycles. The lowest BCUT2D eigenvalue weighted by molar-refractivity contribution is -0.144. The van der Waals surface area contributed by atoms with E-state index in [0.717, 1.165) is 36.0 Å². The monoisotopic (exact) mass is 498 g/mol. The predicted molar refractivity (Wildman–Crippen MR) is 138 cm³/mol. The normalized spacial score (nSPS) is 25.2. The van der Waals surface area contributed by atoms with Crippen LogP contribution in [0.3, 0.4) is 0 Å². The van der Waals surface area contributed by atoms with Gasteiger partial charge < -0.3 is 25.2 Å². The molecule has 6 nitrogen and oxygen atoms in total. The average molecular weight is 499 g/mol. The molecule has 2 fully saturated rings. The van der Waals surface area contributed by atoms with E-state index in [1.807, 2.05) is 42.2 Å². The molecule has 2 aromatic carbocycles. The molecule has 2 aliphatic rings. The van der Waals surface area contributed by atoms with Crippen LogP contribution in [0.4, 0.5) is 4.39 Å². The predicted octanol–water partition coefficient (Wildman–Crippen LogP) is 4.03. The molecule has 1 heterocycles. The van der Waals surface area contributed by atoms with E-state index in [1.54, 1.807) is 13.2 Å². The summed E-state index contributed by atoms with van der Waals surface area (Å²) in [4.78, 5) is 15.2. The molecule has 0 radical (unpaired) electrons. The number of halogens is 1. The fourth-order valence-electron chi connectivity index (χ4n) is 5.73. The standard InChI is InChI=1S/C29H39FN2O4/c1-19-7-5-8-20(15-19)28-23(10-6-11-24(28)30)22(9-3-4-13-35-2)27-18-32(12-14-36-27)29(34)21-16-25(31)26(33)17-21/h5-8,10-11,15,21-22,25-27,33H,3-4,9,12-14,16-18,31H2,1-2H3/t21-,22?,25+,26-,27+/m0/s1. The number of aryl methyl sites for hydroxylation is 1. The number of unbranched alkanes of at least 4 members (excludes halogenated alkanes) is 1. The van der Waals surface area contributed by atoms with Crippen LogP contribution in [0.15, 0.2) is 42.5 Å². The summed E-state index contributed by atoms with van der Waals surface area (Å²) in [5.74, 6) is -0.560. The van der Waals surface area contributed by atoms with Crippen molar-refractivity contribution in [2.24, 2.45) is 11.7 Å². The van der Waals surface area contributed by atoms with Gasteiger partial charge in [-0.2, -0.15) is 0 Å². The number of rotatable bonds is 9. The summed E-state index contributed by atoms with van der Waals surface area (Å²) in [5, 5.41) is 10.1. The highest BCUT2D eigenvalue weighted by atomic mass is 19.1. The summed E-state index contributed by atoms with van der Waals surface area (Å²) in [6.45, 7) is 4.06. The first kappa shape index (κ1) is 26.7. The smallest absolute Gasteiger partial charge is 0.226 e. The lowest BCUT2D eigenvalue weighted by Gasteiger charge is -2.39. The molecular formula is C29H39FN2O4. The fourth-order valence-corrected chi connectivity index (χ4v) is 5.73. The van der Waals surface area contributed by atoms with E-state index in [4.69, 9.17) is 15.2 Å². The van der Waals surface area contributed by atoms with Crippen molar-refractivity contribution < 1.29 is 23.8 Å². The first-order valence-corrected chi connectivity index (χ1v) is 13.1. The summed E-state index contributed by atoms with van der Waals surface area (Å²) in [6.07, 6.45) is 2.62. The number of aliphatic hydroxyl groups is 1. The number of nitrogens with zero attached hydrogens (tertiary/aromatic N) is 1. The van der Waals surface area contributed by atoms with Gasteiger partial charge in [0.05, 0.1) is 18.8 Å². The SMILES string of the molecule is COCCCCC(c1cccc(F)c1-c1cccc(C)c1)[C@H]1CN(C(=O)[C@H]2C[C@@H](N)[C@@H](O)C2)CCO1. The van der Waals surface area contributed by atoms with Gasteiger partial charge in [-0.05, 0) is 49.8 Å². The lowest BCUT2D eigenvalue weighted by Crippen LogP contribution is -2.49. The quantitative estimate of drug-likeness (QED) is 0.510. The first-order chi connectivity index (χ1) is 17.4. The van der Waals surface area contributed by atoms with Crippen LogP contribution in [0.5, 0.6) is 0 Å². The van der Waals surface area contributed by atoms with Crippen molar-refractivity contribution in [1.29, 1.82) is 0 Å². The summed E-state index contributed by atoms with van der Waals surface area (Å²) >= 11 is 0. The molecule has 2 aromatic rings. The van der Waals surface area contributed by atoms with Crippen molar-refractivity contribution >= 4 is 5.91 Å². The van der Waals surface area contributed by atoms with E-state index in [2.05, 4.69) is 0 Å². The van der Waals surface area contributed by atoms with Gasteiger partial charge in [0.25, 0.3) is 0 Å². The lowest BCUT2D eigenvalue weighted by atomic mass is 9.82. The molecule has 0 aromatic heterocycles. The van der Waals surface area contributed by atoms with E-state index >= 15 is 4.39 Å². The molecule has 196 valence electrons. The zero-order valence-electron chi connectivity index (χ0n) is 21.4. The number of methoxy groups -OCH3 is 1. The van der Waals surface area contributed by atoms with E-state index in [9.17, 15) is 9.90 Å². The third-order valence-electron chi connectivity index (χ3n) is 7.65. The molecular weight excluding hydrogens is 459 g/mol. The second-order valence-electron chi connectivity index (χ2n) is 10.3. The van der Waals surface area contributed by atoms with Crippen LogP contribution in [0, 0.1) is 18.7 Å². The Hall–Kier alpha value is -2.32. The zero-order chi connectivity index (χ0) is 25.7. The number of hydrogen-bond acceptors (Lipinski definition) is 5. The number of carbonyl (C=O) groups excluding carboxylic acids is 1. The Balaban J connectivity index is 1.62. The van der Waals surface area contributed by atoms with Gasteiger partial charge >= 0.3 is 0 Å². The van der Waals surface area contributed by atoms with E-state index in [0.29, 0.717) is 44.7 Å². The molecule has 3 N–H and O–H groups in total. The highest BCUT2D eigenvalue weighted by Crippen LogP contribution is 2.38. The summed E-state index contributed by atoms with van der Waals surface area (Å²) in [6, 6.07) is 12.8. The summed E-state index contributed by atoms with van der Waals surface area (Å²) in [5.41, 5.74) is 9.41. The first-order valence-electron chi connectivity index (χ1n) is 13.1. The minimum atomic E-state index is -0.631. The molecule has 4 rings (SSSR count). The van der Waals surface area contributed by atoms with Crippen LogP contribution in [-0.2, 0) is 14.3 Å². The number of benzene rings is 2. The maximum atomic E-state index is 15.4. The Morgan fingerprint density at radius 3 is 2.78 bits per heavy atom. The van der Waals surface area contributed by atoms with Gasteiger partial charge in [-0.3, -0.25) is 4.79 Å². The van der Waals surface area contributed by atoms with Gasteiger partial charge in [0.15, 0.2) is 0 Å². The second kappa shape index (κ2) is 12.3. The van der Waals surface area contributed by atoms with E-state index in [-0.39, 0.29) is 35.7 Å². The van der Waals surface area contributed by atoms with Gasteiger partial charge in [0.2, 0.25) is 5.91 Å². The summed E-state index contributed by atoms with van der Waals surface area (Å²) in [7, 11) is 1.69. The van der Waals surface area contributed by atoms with Crippen LogP contribution < -0.4 is 5.73 Å². The Morgan fingerprint density at radius 2 is 2.06 bits per heavy atom. The second-order valence-corrected chi connectivity index (χ2v) is 10.3. The highest BCUT2D eigenvalue weighted by Gasteiger charge is 2.39. The molecule has 5 atom stereocenters. The van der Waals surface area contributed by atoms with Gasteiger partial charge in [-0.1, -0.05) is 48.4 Å². The number of amides is 1. The van der Waals surface area contributed by atoms with Crippen molar-refractivity contribution in [2.45, 2.75) is 63.2 Å². The Kier molecular flexibility index (Phi) is 9.12. The number of aliphatic hydroxyl groups excluding tert-OH is 1. The van der Waals surface area contributed by atoms with E-state index < -0.39 is 6.10 Å². The average Bonchev–Trinajstić information content (AvgIpc) is 3.21. The topological polar surface area (TPSA) is 85.0 Å². The summed E-state index contributed by atoms with van der Waals surface area (Å²) < 4.78 is 26.9.